The number of halogens is 1. The molecule has 10 heteroatoms. The van der Waals surface area contributed by atoms with Crippen molar-refractivity contribution in [3.05, 3.63) is 65.2 Å². The van der Waals surface area contributed by atoms with Gasteiger partial charge in [0.15, 0.2) is 0 Å². The van der Waals surface area contributed by atoms with Crippen LogP contribution in [0.15, 0.2) is 48.3 Å². The zero-order chi connectivity index (χ0) is 28.6. The molecule has 1 amide bonds. The third kappa shape index (κ3) is 5.69. The summed E-state index contributed by atoms with van der Waals surface area (Å²) in [4.78, 5) is 23.3. The largest absolute Gasteiger partial charge is 0.481 e. The summed E-state index contributed by atoms with van der Waals surface area (Å²) in [5, 5.41) is 14.0. The molecule has 0 radical (unpaired) electrons. The van der Waals surface area contributed by atoms with E-state index in [1.165, 1.54) is 24.3 Å². The van der Waals surface area contributed by atoms with Gasteiger partial charge in [0.05, 0.1) is 35.8 Å². The predicted molar refractivity (Wildman–Crippen MR) is 158 cm³/mol. The molecule has 1 aliphatic carbocycles. The van der Waals surface area contributed by atoms with Crippen molar-refractivity contribution in [2.45, 2.75) is 39.5 Å². The van der Waals surface area contributed by atoms with Crippen molar-refractivity contribution in [3.8, 4) is 17.1 Å². The molecule has 3 aromatic heterocycles. The standard InChI is InChI=1S/C31H36FN7O2/c1-31(2)9-11-39(18-31)12-10-33-27(19-5-4-6-19)20-7-8-24(32)26(14-20)37-29(40)22-13-21-15-25(36-28(21)34-16-22)23-17-35-38-30(23)41-3/h7-8,13-17,33H,4-6,9-12,18H2,1-3H3,(H,34,36)(H,35,38)(H,37,40). The van der Waals surface area contributed by atoms with Crippen LogP contribution in [0, 0.1) is 11.2 Å². The second-order valence-electron chi connectivity index (χ2n) is 11.8. The summed E-state index contributed by atoms with van der Waals surface area (Å²) in [5.74, 6) is -0.387. The Labute approximate surface area is 238 Å². The van der Waals surface area contributed by atoms with E-state index in [0.717, 1.165) is 73.3 Å². The predicted octanol–water partition coefficient (Wildman–Crippen LogP) is 5.57. The van der Waals surface area contributed by atoms with Gasteiger partial charge in [-0.2, -0.15) is 5.10 Å². The van der Waals surface area contributed by atoms with Crippen molar-refractivity contribution in [1.82, 2.24) is 30.4 Å². The number of amides is 1. The number of rotatable bonds is 9. The quantitative estimate of drug-likeness (QED) is 0.214. The van der Waals surface area contributed by atoms with Gasteiger partial charge in [0.2, 0.25) is 5.88 Å². The molecule has 0 unspecified atom stereocenters. The number of allylic oxidation sites excluding steroid dienone is 1. The van der Waals surface area contributed by atoms with Gasteiger partial charge in [-0.15, -0.1) is 0 Å². The molecule has 2 fully saturated rings. The molecule has 1 aromatic carbocycles. The molecule has 2 aliphatic rings. The molecule has 1 saturated heterocycles. The first-order valence-corrected chi connectivity index (χ1v) is 14.2. The van der Waals surface area contributed by atoms with Gasteiger partial charge in [-0.05, 0) is 79.1 Å². The molecule has 4 N–H and O–H groups in total. The second-order valence-corrected chi connectivity index (χ2v) is 11.8. The maximum Gasteiger partial charge on any atom is 0.257 e. The highest BCUT2D eigenvalue weighted by Gasteiger charge is 2.28. The number of anilines is 1. The highest BCUT2D eigenvalue weighted by molar-refractivity contribution is 6.06. The highest BCUT2D eigenvalue weighted by Crippen LogP contribution is 2.34. The lowest BCUT2D eigenvalue weighted by Gasteiger charge is -2.25. The number of aromatic amines is 2. The maximum absolute atomic E-state index is 14.9. The van der Waals surface area contributed by atoms with Crippen molar-refractivity contribution >= 4 is 28.3 Å². The number of nitrogens with zero attached hydrogens (tertiary/aromatic N) is 3. The van der Waals surface area contributed by atoms with Crippen LogP contribution >= 0.6 is 0 Å². The topological polar surface area (TPSA) is 111 Å². The minimum atomic E-state index is -0.482. The number of hydrogen-bond donors (Lipinski definition) is 4. The van der Waals surface area contributed by atoms with Crippen molar-refractivity contribution in [1.29, 1.82) is 0 Å². The lowest BCUT2D eigenvalue weighted by Crippen LogP contribution is -2.31. The number of pyridine rings is 1. The van der Waals surface area contributed by atoms with Crippen LogP contribution in [0.4, 0.5) is 10.1 Å². The summed E-state index contributed by atoms with van der Waals surface area (Å²) in [6.07, 6.45) is 7.59. The molecule has 0 spiro atoms. The molecule has 214 valence electrons. The monoisotopic (exact) mass is 557 g/mol. The fourth-order valence-electron chi connectivity index (χ4n) is 5.67. The number of ether oxygens (including phenoxy) is 1. The summed E-state index contributed by atoms with van der Waals surface area (Å²) in [7, 11) is 1.56. The number of benzene rings is 1. The van der Waals surface area contributed by atoms with E-state index in [1.807, 2.05) is 6.07 Å². The molecule has 1 saturated carbocycles. The maximum atomic E-state index is 14.9. The summed E-state index contributed by atoms with van der Waals surface area (Å²) in [6, 6.07) is 8.55. The first-order chi connectivity index (χ1) is 19.8. The van der Waals surface area contributed by atoms with Gasteiger partial charge in [0, 0.05) is 36.9 Å². The lowest BCUT2D eigenvalue weighted by molar-refractivity contribution is 0.102. The zero-order valence-electron chi connectivity index (χ0n) is 23.7. The fraction of sp³-hybridized carbons (Fsp3) is 0.387. The molecule has 4 heterocycles. The van der Waals surface area contributed by atoms with Crippen LogP contribution in [-0.4, -0.2) is 64.3 Å². The Balaban J connectivity index is 1.18. The second kappa shape index (κ2) is 11.0. The Bertz CT molecular complexity index is 1610. The van der Waals surface area contributed by atoms with Crippen LogP contribution in [0.5, 0.6) is 5.88 Å². The highest BCUT2D eigenvalue weighted by atomic mass is 19.1. The van der Waals surface area contributed by atoms with Crippen molar-refractivity contribution in [3.63, 3.8) is 0 Å². The molecule has 9 nitrogen and oxygen atoms in total. The minimum absolute atomic E-state index is 0.144. The van der Waals surface area contributed by atoms with E-state index >= 15 is 0 Å². The van der Waals surface area contributed by atoms with E-state index in [2.05, 4.69) is 49.5 Å². The molecule has 4 aromatic rings. The van der Waals surface area contributed by atoms with E-state index in [9.17, 15) is 9.18 Å². The number of carbonyl (C=O) groups is 1. The number of fused-ring (bicyclic) bond motifs is 1. The van der Waals surface area contributed by atoms with E-state index in [1.54, 1.807) is 31.5 Å². The summed E-state index contributed by atoms with van der Waals surface area (Å²) < 4.78 is 20.2. The van der Waals surface area contributed by atoms with Gasteiger partial charge in [0.1, 0.15) is 11.5 Å². The third-order valence-electron chi connectivity index (χ3n) is 8.13. The lowest BCUT2D eigenvalue weighted by atomic mass is 9.88. The molecule has 41 heavy (non-hydrogen) atoms. The van der Waals surface area contributed by atoms with Crippen molar-refractivity contribution in [2.24, 2.45) is 5.41 Å². The van der Waals surface area contributed by atoms with Crippen molar-refractivity contribution in [2.75, 3.05) is 38.6 Å². The van der Waals surface area contributed by atoms with Gasteiger partial charge in [-0.25, -0.2) is 14.5 Å². The molecule has 6 rings (SSSR count). The molecular weight excluding hydrogens is 521 g/mol. The van der Waals surface area contributed by atoms with Gasteiger partial charge in [-0.3, -0.25) is 4.79 Å². The normalized spacial score (nSPS) is 16.5. The molecular formula is C31H36FN7O2. The van der Waals surface area contributed by atoms with Gasteiger partial charge >= 0.3 is 0 Å². The van der Waals surface area contributed by atoms with Crippen LogP contribution in [0.25, 0.3) is 28.0 Å². The average Bonchev–Trinajstić information content (AvgIpc) is 3.65. The minimum Gasteiger partial charge on any atom is -0.481 e. The Kier molecular flexibility index (Phi) is 7.25. The smallest absolute Gasteiger partial charge is 0.257 e. The Morgan fingerprint density at radius 1 is 1.17 bits per heavy atom. The summed E-state index contributed by atoms with van der Waals surface area (Å²) >= 11 is 0. The molecule has 1 aliphatic heterocycles. The SMILES string of the molecule is COc1[nH]ncc1-c1cc2cc(C(=O)Nc3cc(C(NCCN4CCC(C)(C)C4)=C4CCC4)ccc3F)cnc2[nH]1. The zero-order valence-corrected chi connectivity index (χ0v) is 23.7. The molecule has 0 bridgehead atoms. The van der Waals surface area contributed by atoms with E-state index in [-0.39, 0.29) is 5.69 Å². The van der Waals surface area contributed by atoms with Gasteiger partial charge in [-0.1, -0.05) is 13.8 Å². The van der Waals surface area contributed by atoms with Crippen LogP contribution < -0.4 is 15.4 Å². The number of aromatic nitrogens is 4. The summed E-state index contributed by atoms with van der Waals surface area (Å²) in [5.41, 5.74) is 6.27. The Morgan fingerprint density at radius 3 is 2.76 bits per heavy atom. The third-order valence-corrected chi connectivity index (χ3v) is 8.13. The van der Waals surface area contributed by atoms with Crippen LogP contribution in [-0.2, 0) is 0 Å². The number of likely N-dealkylation sites (tertiary alicyclic amines) is 1. The van der Waals surface area contributed by atoms with E-state index in [0.29, 0.717) is 22.5 Å². The van der Waals surface area contributed by atoms with Crippen LogP contribution in [0.3, 0.4) is 0 Å². The van der Waals surface area contributed by atoms with E-state index in [4.69, 9.17) is 4.74 Å². The Hall–Kier alpha value is -4.18. The van der Waals surface area contributed by atoms with Gasteiger partial charge in [0.25, 0.3) is 5.91 Å². The van der Waals surface area contributed by atoms with Crippen LogP contribution in [0.2, 0.25) is 0 Å². The molecule has 0 atom stereocenters. The first kappa shape index (κ1) is 27.0. The van der Waals surface area contributed by atoms with Crippen LogP contribution in [0.1, 0.15) is 55.5 Å². The summed E-state index contributed by atoms with van der Waals surface area (Å²) in [6.45, 7) is 8.65. The number of methoxy groups -OCH3 is 1. The van der Waals surface area contributed by atoms with Crippen molar-refractivity contribution < 1.29 is 13.9 Å². The fourth-order valence-corrected chi connectivity index (χ4v) is 5.67. The number of hydrogen-bond acceptors (Lipinski definition) is 6. The Morgan fingerprint density at radius 2 is 2.02 bits per heavy atom. The number of carbonyl (C=O) groups excluding carboxylic acids is 1. The average molecular weight is 558 g/mol. The van der Waals surface area contributed by atoms with E-state index < -0.39 is 11.7 Å². The number of nitrogens with one attached hydrogen (secondary N) is 4. The first-order valence-electron chi connectivity index (χ1n) is 14.2. The number of H-pyrrole nitrogens is 2. The van der Waals surface area contributed by atoms with Gasteiger partial charge < -0.3 is 25.3 Å².